The predicted octanol–water partition coefficient (Wildman–Crippen LogP) is 2.15. The molecule has 2 rings (SSSR count). The van der Waals surface area contributed by atoms with Gasteiger partial charge < -0.3 is 5.11 Å². The quantitative estimate of drug-likeness (QED) is 0.622. The van der Waals surface area contributed by atoms with Crippen LogP contribution < -0.4 is 0 Å². The molecule has 4 heteroatoms. The minimum Gasteiger partial charge on any atom is -0.481 e. The van der Waals surface area contributed by atoms with Crippen molar-refractivity contribution in [2.45, 2.75) is 32.6 Å². The lowest BCUT2D eigenvalue weighted by Gasteiger charge is -2.18. The third-order valence-electron chi connectivity index (χ3n) is 4.11. The highest BCUT2D eigenvalue weighted by Gasteiger charge is 2.42. The van der Waals surface area contributed by atoms with E-state index in [1.54, 1.807) is 0 Å². The molecule has 0 heterocycles. The number of hydrogen-bond acceptors (Lipinski definition) is 3. The molecule has 0 aromatic carbocycles. The molecule has 0 aromatic rings. The summed E-state index contributed by atoms with van der Waals surface area (Å²) in [6.45, 7) is 5.41. The number of aliphatic carboxylic acids is 1. The number of fused-ring (bicyclic) bond motifs is 2. The Hall–Kier alpha value is -1.71. The Morgan fingerprint density at radius 1 is 1.53 bits per heavy atom. The van der Waals surface area contributed by atoms with Crippen LogP contribution in [0.2, 0.25) is 0 Å². The SMILES string of the molecule is C=C1CC[C@@H]2C[C@H]1C(=O)C2=CC(=O)CC(C)C(=O)O. The highest BCUT2D eigenvalue weighted by Crippen LogP contribution is 2.45. The average molecular weight is 262 g/mol. The van der Waals surface area contributed by atoms with Gasteiger partial charge in [0, 0.05) is 17.9 Å². The van der Waals surface area contributed by atoms with E-state index in [1.807, 2.05) is 0 Å². The van der Waals surface area contributed by atoms with E-state index in [0.29, 0.717) is 5.57 Å². The van der Waals surface area contributed by atoms with Crippen LogP contribution in [0.15, 0.2) is 23.8 Å². The molecule has 0 radical (unpaired) electrons. The van der Waals surface area contributed by atoms with E-state index < -0.39 is 11.9 Å². The number of rotatable bonds is 4. The number of allylic oxidation sites excluding steroid dienone is 3. The van der Waals surface area contributed by atoms with Gasteiger partial charge in [-0.15, -0.1) is 0 Å². The van der Waals surface area contributed by atoms with Crippen LogP contribution in [0.25, 0.3) is 0 Å². The lowest BCUT2D eigenvalue weighted by atomic mass is 9.85. The molecule has 2 bridgehead atoms. The van der Waals surface area contributed by atoms with Crippen LogP contribution in [0.4, 0.5) is 0 Å². The highest BCUT2D eigenvalue weighted by molar-refractivity contribution is 6.07. The first-order valence-corrected chi connectivity index (χ1v) is 6.59. The minimum atomic E-state index is -0.989. The molecule has 0 aliphatic heterocycles. The van der Waals surface area contributed by atoms with Crippen molar-refractivity contribution in [2.75, 3.05) is 0 Å². The van der Waals surface area contributed by atoms with Gasteiger partial charge in [0.2, 0.25) is 0 Å². The number of carbonyl (C=O) groups excluding carboxylic acids is 2. The maximum Gasteiger partial charge on any atom is 0.306 e. The number of ketones is 2. The summed E-state index contributed by atoms with van der Waals surface area (Å²) in [5.74, 6) is -1.91. The van der Waals surface area contributed by atoms with E-state index in [9.17, 15) is 14.4 Å². The summed E-state index contributed by atoms with van der Waals surface area (Å²) < 4.78 is 0. The molecule has 2 aliphatic carbocycles. The van der Waals surface area contributed by atoms with Crippen molar-refractivity contribution in [3.8, 4) is 0 Å². The third kappa shape index (κ3) is 2.67. The van der Waals surface area contributed by atoms with Gasteiger partial charge in [-0.05, 0) is 31.3 Å². The Labute approximate surface area is 112 Å². The molecule has 0 amide bonds. The number of carboxylic acids is 1. The molecule has 19 heavy (non-hydrogen) atoms. The van der Waals surface area contributed by atoms with Crippen LogP contribution in [0.1, 0.15) is 32.6 Å². The Morgan fingerprint density at radius 2 is 2.21 bits per heavy atom. The first-order chi connectivity index (χ1) is 8.90. The first kappa shape index (κ1) is 13.7. The molecule has 3 atom stereocenters. The summed E-state index contributed by atoms with van der Waals surface area (Å²) in [6, 6.07) is 0. The van der Waals surface area contributed by atoms with Gasteiger partial charge in [-0.3, -0.25) is 14.4 Å². The van der Waals surface area contributed by atoms with E-state index >= 15 is 0 Å². The number of Topliss-reactive ketones (excluding diaryl/α,β-unsaturated/α-hetero) is 1. The van der Waals surface area contributed by atoms with Gasteiger partial charge in [-0.1, -0.05) is 19.1 Å². The second-order valence-corrected chi connectivity index (χ2v) is 5.56. The van der Waals surface area contributed by atoms with Gasteiger partial charge in [0.1, 0.15) is 0 Å². The Bertz CT molecular complexity index is 486. The molecule has 1 unspecified atom stereocenters. The lowest BCUT2D eigenvalue weighted by molar-refractivity contribution is -0.142. The maximum absolute atomic E-state index is 12.2. The molecule has 1 N–H and O–H groups in total. The van der Waals surface area contributed by atoms with Crippen LogP contribution >= 0.6 is 0 Å². The first-order valence-electron chi connectivity index (χ1n) is 6.59. The van der Waals surface area contributed by atoms with Crippen LogP contribution in [0.5, 0.6) is 0 Å². The van der Waals surface area contributed by atoms with Gasteiger partial charge in [0.25, 0.3) is 0 Å². The minimum absolute atomic E-state index is 0.0174. The van der Waals surface area contributed by atoms with Gasteiger partial charge in [-0.25, -0.2) is 0 Å². The molecular formula is C15H18O4. The van der Waals surface area contributed by atoms with Crippen molar-refractivity contribution in [3.63, 3.8) is 0 Å². The van der Waals surface area contributed by atoms with E-state index in [4.69, 9.17) is 5.11 Å². The van der Waals surface area contributed by atoms with Crippen molar-refractivity contribution in [3.05, 3.63) is 23.8 Å². The van der Waals surface area contributed by atoms with E-state index in [0.717, 1.165) is 24.8 Å². The zero-order valence-electron chi connectivity index (χ0n) is 11.0. The van der Waals surface area contributed by atoms with Crippen LogP contribution in [-0.4, -0.2) is 22.6 Å². The zero-order valence-corrected chi connectivity index (χ0v) is 11.0. The van der Waals surface area contributed by atoms with Crippen molar-refractivity contribution in [1.82, 2.24) is 0 Å². The maximum atomic E-state index is 12.2. The van der Waals surface area contributed by atoms with E-state index in [-0.39, 0.29) is 29.8 Å². The molecule has 2 saturated carbocycles. The molecule has 0 spiro atoms. The summed E-state index contributed by atoms with van der Waals surface area (Å²) in [7, 11) is 0. The molecule has 0 aromatic heterocycles. The standard InChI is InChI=1S/C15H18O4/c1-8-3-4-10-6-12(8)14(17)13(10)7-11(16)5-9(2)15(18)19/h7,9-10,12H,1,3-6H2,2H3,(H,18,19)/t9?,10-,12-/m1/s1. The molecule has 2 fully saturated rings. The fourth-order valence-electron chi connectivity index (χ4n) is 2.89. The van der Waals surface area contributed by atoms with E-state index in [1.165, 1.54) is 13.0 Å². The fraction of sp³-hybridized carbons (Fsp3) is 0.533. The van der Waals surface area contributed by atoms with Gasteiger partial charge >= 0.3 is 5.97 Å². The smallest absolute Gasteiger partial charge is 0.306 e. The van der Waals surface area contributed by atoms with Crippen LogP contribution in [0.3, 0.4) is 0 Å². The summed E-state index contributed by atoms with van der Waals surface area (Å²) in [5, 5.41) is 8.78. The summed E-state index contributed by atoms with van der Waals surface area (Å²) in [6.07, 6.45) is 3.81. The Balaban J connectivity index is 2.11. The van der Waals surface area contributed by atoms with Gasteiger partial charge in [0.15, 0.2) is 11.6 Å². The lowest BCUT2D eigenvalue weighted by Crippen LogP contribution is -2.14. The van der Waals surface area contributed by atoms with Crippen molar-refractivity contribution < 1.29 is 19.5 Å². The van der Waals surface area contributed by atoms with E-state index in [2.05, 4.69) is 6.58 Å². The number of hydrogen-bond donors (Lipinski definition) is 1. The molecule has 2 aliphatic rings. The van der Waals surface area contributed by atoms with Gasteiger partial charge in [-0.2, -0.15) is 0 Å². The molecule has 4 nitrogen and oxygen atoms in total. The zero-order chi connectivity index (χ0) is 14.2. The third-order valence-corrected chi connectivity index (χ3v) is 4.11. The van der Waals surface area contributed by atoms with Crippen molar-refractivity contribution in [1.29, 1.82) is 0 Å². The summed E-state index contributed by atoms with van der Waals surface area (Å²) in [4.78, 5) is 34.7. The molecule has 102 valence electrons. The molecular weight excluding hydrogens is 244 g/mol. The second-order valence-electron chi connectivity index (χ2n) is 5.56. The highest BCUT2D eigenvalue weighted by atomic mass is 16.4. The fourth-order valence-corrected chi connectivity index (χ4v) is 2.89. The second kappa shape index (κ2) is 5.11. The van der Waals surface area contributed by atoms with Crippen molar-refractivity contribution in [2.24, 2.45) is 17.8 Å². The van der Waals surface area contributed by atoms with Crippen molar-refractivity contribution >= 4 is 17.5 Å². The van der Waals surface area contributed by atoms with Crippen LogP contribution in [0, 0.1) is 17.8 Å². The Morgan fingerprint density at radius 3 is 2.79 bits per heavy atom. The summed E-state index contributed by atoms with van der Waals surface area (Å²) in [5.41, 5.74) is 1.56. The number of carboxylic acid groups (broad SMARTS) is 1. The predicted molar refractivity (Wildman–Crippen MR) is 69.5 cm³/mol. The summed E-state index contributed by atoms with van der Waals surface area (Å²) >= 11 is 0. The van der Waals surface area contributed by atoms with Gasteiger partial charge in [0.05, 0.1) is 5.92 Å². The molecule has 0 saturated heterocycles. The Kier molecular flexibility index (Phi) is 3.69. The normalized spacial score (nSPS) is 29.6. The average Bonchev–Trinajstić information content (AvgIpc) is 2.59. The number of carbonyl (C=O) groups is 3. The monoisotopic (exact) mass is 262 g/mol. The van der Waals surface area contributed by atoms with Crippen LogP contribution in [-0.2, 0) is 14.4 Å². The largest absolute Gasteiger partial charge is 0.481 e. The topological polar surface area (TPSA) is 71.4 Å².